The van der Waals surface area contributed by atoms with Crippen LogP contribution in [0.2, 0.25) is 0 Å². The Morgan fingerprint density at radius 3 is 2.69 bits per heavy atom. The molecule has 1 radical (unpaired) electrons. The lowest BCUT2D eigenvalue weighted by Crippen LogP contribution is -1.97. The van der Waals surface area contributed by atoms with E-state index < -0.39 is 0 Å². The minimum Gasteiger partial charge on any atom is -0.102 e. The maximum Gasteiger partial charge on any atom is 0.0233 e. The van der Waals surface area contributed by atoms with Gasteiger partial charge >= 0.3 is 0 Å². The molecule has 0 saturated carbocycles. The second kappa shape index (κ2) is 4.27. The van der Waals surface area contributed by atoms with Crippen LogP contribution in [0.1, 0.15) is 30.5 Å². The van der Waals surface area contributed by atoms with E-state index >= 15 is 0 Å². The largest absolute Gasteiger partial charge is 0.102 e. The van der Waals surface area contributed by atoms with E-state index in [1.54, 1.807) is 0 Å². The first-order chi connectivity index (χ1) is 6.20. The lowest BCUT2D eigenvalue weighted by molar-refractivity contribution is 1.08. The van der Waals surface area contributed by atoms with Crippen LogP contribution in [0.25, 0.3) is 0 Å². The topological polar surface area (TPSA) is 0 Å². The summed E-state index contributed by atoms with van der Waals surface area (Å²) in [5.41, 5.74) is 4.15. The molecule has 0 nitrogen and oxygen atoms in total. The van der Waals surface area contributed by atoms with Crippen molar-refractivity contribution in [3.05, 3.63) is 53.5 Å². The Morgan fingerprint density at radius 1 is 1.46 bits per heavy atom. The third-order valence-electron chi connectivity index (χ3n) is 2.56. The van der Waals surface area contributed by atoms with Gasteiger partial charge in [-0.25, -0.2) is 0 Å². The molecule has 0 aliphatic heterocycles. The molecule has 0 fully saturated rings. The van der Waals surface area contributed by atoms with E-state index in [0.29, 0.717) is 0 Å². The predicted molar refractivity (Wildman–Crippen MR) is 58.8 cm³/mol. The SMILES string of the molecule is C=C[C](C)c1cccc(CC)c1C. The van der Waals surface area contributed by atoms with E-state index in [-0.39, 0.29) is 0 Å². The van der Waals surface area contributed by atoms with Gasteiger partial charge in [-0.3, -0.25) is 0 Å². The van der Waals surface area contributed by atoms with Crippen molar-refractivity contribution in [1.82, 2.24) is 0 Å². The number of benzene rings is 1. The van der Waals surface area contributed by atoms with Crippen LogP contribution in [-0.4, -0.2) is 0 Å². The average Bonchev–Trinajstić information content (AvgIpc) is 2.17. The minimum atomic E-state index is 1.10. The number of allylic oxidation sites excluding steroid dienone is 1. The van der Waals surface area contributed by atoms with Gasteiger partial charge in [-0.1, -0.05) is 38.1 Å². The molecule has 69 valence electrons. The molecule has 0 bridgehead atoms. The first kappa shape index (κ1) is 10.0. The predicted octanol–water partition coefficient (Wildman–Crippen LogP) is 3.69. The minimum absolute atomic E-state index is 1.10. The van der Waals surface area contributed by atoms with Crippen molar-refractivity contribution in [2.75, 3.05) is 0 Å². The van der Waals surface area contributed by atoms with Crippen LogP contribution >= 0.6 is 0 Å². The zero-order valence-corrected chi connectivity index (χ0v) is 8.72. The fourth-order valence-corrected chi connectivity index (χ4v) is 1.60. The Morgan fingerprint density at radius 2 is 2.15 bits per heavy atom. The molecule has 0 saturated heterocycles. The first-order valence-corrected chi connectivity index (χ1v) is 4.75. The van der Waals surface area contributed by atoms with E-state index in [9.17, 15) is 0 Å². The molecule has 1 aromatic rings. The Kier molecular flexibility index (Phi) is 3.30. The van der Waals surface area contributed by atoms with Crippen molar-refractivity contribution in [2.24, 2.45) is 0 Å². The van der Waals surface area contributed by atoms with E-state index in [4.69, 9.17) is 0 Å². The molecule has 1 rings (SSSR count). The molecule has 0 amide bonds. The number of hydrogen-bond acceptors (Lipinski definition) is 0. The summed E-state index contributed by atoms with van der Waals surface area (Å²) in [6, 6.07) is 6.47. The van der Waals surface area contributed by atoms with Crippen molar-refractivity contribution < 1.29 is 0 Å². The normalized spacial score (nSPS) is 10.5. The molecule has 0 heteroatoms. The summed E-state index contributed by atoms with van der Waals surface area (Å²) in [6.07, 6.45) is 3.02. The summed E-state index contributed by atoms with van der Waals surface area (Å²) >= 11 is 0. The number of hydrogen-bond donors (Lipinski definition) is 0. The number of rotatable bonds is 3. The second-order valence-electron chi connectivity index (χ2n) is 3.33. The summed E-state index contributed by atoms with van der Waals surface area (Å²) < 4.78 is 0. The van der Waals surface area contributed by atoms with E-state index in [0.717, 1.165) is 6.42 Å². The van der Waals surface area contributed by atoms with Gasteiger partial charge in [-0.2, -0.15) is 0 Å². The molecular formula is C13H17. The highest BCUT2D eigenvalue weighted by atomic mass is 14.1. The molecule has 13 heavy (non-hydrogen) atoms. The molecular weight excluding hydrogens is 156 g/mol. The zero-order valence-electron chi connectivity index (χ0n) is 8.72. The van der Waals surface area contributed by atoms with Gasteiger partial charge in [-0.05, 0) is 30.0 Å². The van der Waals surface area contributed by atoms with Crippen LogP contribution in [0.4, 0.5) is 0 Å². The number of aryl methyl sites for hydroxylation is 1. The molecule has 0 N–H and O–H groups in total. The highest BCUT2D eigenvalue weighted by molar-refractivity contribution is 5.44. The summed E-state index contributed by atoms with van der Waals surface area (Å²) in [5, 5.41) is 0. The lowest BCUT2D eigenvalue weighted by atomic mass is 9.92. The van der Waals surface area contributed by atoms with Gasteiger partial charge in [0.2, 0.25) is 0 Å². The van der Waals surface area contributed by atoms with Crippen LogP contribution in [0, 0.1) is 12.8 Å². The molecule has 0 spiro atoms. The van der Waals surface area contributed by atoms with E-state index in [1.165, 1.54) is 22.6 Å². The Hall–Kier alpha value is -1.04. The molecule has 0 unspecified atom stereocenters. The van der Waals surface area contributed by atoms with Crippen LogP contribution < -0.4 is 0 Å². The lowest BCUT2D eigenvalue weighted by Gasteiger charge is -2.12. The van der Waals surface area contributed by atoms with E-state index in [2.05, 4.69) is 45.5 Å². The molecule has 0 heterocycles. The average molecular weight is 173 g/mol. The molecule has 0 aliphatic carbocycles. The van der Waals surface area contributed by atoms with Gasteiger partial charge in [0, 0.05) is 5.92 Å². The molecule has 1 aromatic carbocycles. The summed E-state index contributed by atoms with van der Waals surface area (Å²) in [4.78, 5) is 0. The first-order valence-electron chi connectivity index (χ1n) is 4.75. The summed E-state index contributed by atoms with van der Waals surface area (Å²) in [7, 11) is 0. The van der Waals surface area contributed by atoms with Gasteiger partial charge in [0.25, 0.3) is 0 Å². The second-order valence-corrected chi connectivity index (χ2v) is 3.33. The maximum absolute atomic E-state index is 3.80. The van der Waals surface area contributed by atoms with Crippen molar-refractivity contribution >= 4 is 0 Å². The van der Waals surface area contributed by atoms with Crippen LogP contribution in [-0.2, 0) is 6.42 Å². The van der Waals surface area contributed by atoms with E-state index in [1.807, 2.05) is 6.08 Å². The smallest absolute Gasteiger partial charge is 0.0233 e. The maximum atomic E-state index is 3.80. The van der Waals surface area contributed by atoms with Gasteiger partial charge in [0.05, 0.1) is 0 Å². The van der Waals surface area contributed by atoms with Gasteiger partial charge in [0.1, 0.15) is 0 Å². The van der Waals surface area contributed by atoms with Crippen LogP contribution in [0.3, 0.4) is 0 Å². The zero-order chi connectivity index (χ0) is 9.84. The Labute approximate surface area is 81.3 Å². The third kappa shape index (κ3) is 2.00. The fourth-order valence-electron chi connectivity index (χ4n) is 1.60. The van der Waals surface area contributed by atoms with Gasteiger partial charge in [-0.15, -0.1) is 6.58 Å². The van der Waals surface area contributed by atoms with Crippen molar-refractivity contribution in [3.8, 4) is 0 Å². The summed E-state index contributed by atoms with van der Waals surface area (Å²) in [5.74, 6) is 1.26. The fraction of sp³-hybridized carbons (Fsp3) is 0.308. The van der Waals surface area contributed by atoms with Crippen LogP contribution in [0.5, 0.6) is 0 Å². The van der Waals surface area contributed by atoms with Crippen molar-refractivity contribution in [3.63, 3.8) is 0 Å². The third-order valence-corrected chi connectivity index (χ3v) is 2.56. The van der Waals surface area contributed by atoms with Crippen molar-refractivity contribution in [1.29, 1.82) is 0 Å². The standard InChI is InChI=1S/C13H17/c1-5-10(3)13-9-7-8-12(6-2)11(13)4/h5,7-9H,1,6H2,2-4H3. The highest BCUT2D eigenvalue weighted by Gasteiger charge is 2.06. The Bertz CT molecular complexity index is 297. The van der Waals surface area contributed by atoms with Gasteiger partial charge in [0.15, 0.2) is 0 Å². The highest BCUT2D eigenvalue weighted by Crippen LogP contribution is 2.22. The quantitative estimate of drug-likeness (QED) is 0.654. The monoisotopic (exact) mass is 173 g/mol. The molecule has 0 aromatic heterocycles. The summed E-state index contributed by atoms with van der Waals surface area (Å²) in [6.45, 7) is 10.3. The van der Waals surface area contributed by atoms with Crippen LogP contribution in [0.15, 0.2) is 30.9 Å². The van der Waals surface area contributed by atoms with Gasteiger partial charge < -0.3 is 0 Å². The van der Waals surface area contributed by atoms with Crippen molar-refractivity contribution in [2.45, 2.75) is 27.2 Å². The molecule has 0 atom stereocenters. The Balaban J connectivity index is 3.14. The molecule has 0 aliphatic rings.